The van der Waals surface area contributed by atoms with Gasteiger partial charge in [0.1, 0.15) is 5.82 Å². The van der Waals surface area contributed by atoms with Gasteiger partial charge < -0.3 is 4.52 Å². The van der Waals surface area contributed by atoms with Crippen LogP contribution in [-0.4, -0.2) is 22.0 Å². The summed E-state index contributed by atoms with van der Waals surface area (Å²) in [5.41, 5.74) is 1.03. The van der Waals surface area contributed by atoms with Crippen molar-refractivity contribution >= 4 is 11.8 Å². The molecule has 1 atom stereocenters. The molecule has 2 heterocycles. The van der Waals surface area contributed by atoms with Crippen molar-refractivity contribution in [1.29, 1.82) is 0 Å². The molecule has 7 heteroatoms. The molecule has 21 heavy (non-hydrogen) atoms. The normalized spacial score (nSPS) is 18.1. The SMILES string of the molecule is Cc1ccc(-c2noc(CC3CC(=O)NC3=O)n2)cc1F. The number of aryl methyl sites for hydroxylation is 1. The van der Waals surface area contributed by atoms with Crippen LogP contribution < -0.4 is 5.32 Å². The zero-order valence-corrected chi connectivity index (χ0v) is 11.2. The van der Waals surface area contributed by atoms with Gasteiger partial charge in [-0.2, -0.15) is 4.98 Å². The van der Waals surface area contributed by atoms with E-state index in [0.717, 1.165) is 0 Å². The minimum Gasteiger partial charge on any atom is -0.339 e. The van der Waals surface area contributed by atoms with Crippen molar-refractivity contribution in [2.75, 3.05) is 0 Å². The summed E-state index contributed by atoms with van der Waals surface area (Å²) in [7, 11) is 0. The molecular formula is C14H12FN3O3. The third-order valence-electron chi connectivity index (χ3n) is 3.38. The van der Waals surface area contributed by atoms with Crippen LogP contribution in [0.3, 0.4) is 0 Å². The van der Waals surface area contributed by atoms with E-state index in [2.05, 4.69) is 15.5 Å². The van der Waals surface area contributed by atoms with Gasteiger partial charge in [0.2, 0.25) is 23.5 Å². The summed E-state index contributed by atoms with van der Waals surface area (Å²) in [4.78, 5) is 26.7. The highest BCUT2D eigenvalue weighted by Crippen LogP contribution is 2.21. The van der Waals surface area contributed by atoms with Gasteiger partial charge in [0, 0.05) is 18.4 Å². The summed E-state index contributed by atoms with van der Waals surface area (Å²) in [6.07, 6.45) is 0.314. The van der Waals surface area contributed by atoms with E-state index >= 15 is 0 Å². The second-order valence-corrected chi connectivity index (χ2v) is 4.99. The van der Waals surface area contributed by atoms with Crippen molar-refractivity contribution in [3.8, 4) is 11.4 Å². The number of nitrogens with zero attached hydrogens (tertiary/aromatic N) is 2. The van der Waals surface area contributed by atoms with Crippen molar-refractivity contribution in [2.45, 2.75) is 19.8 Å². The zero-order chi connectivity index (χ0) is 15.0. The molecule has 1 aliphatic rings. The van der Waals surface area contributed by atoms with Crippen molar-refractivity contribution in [1.82, 2.24) is 15.5 Å². The maximum atomic E-state index is 13.5. The van der Waals surface area contributed by atoms with E-state index in [1.807, 2.05) is 0 Å². The van der Waals surface area contributed by atoms with Crippen LogP contribution in [0.4, 0.5) is 4.39 Å². The van der Waals surface area contributed by atoms with Gasteiger partial charge in [-0.05, 0) is 18.6 Å². The first-order valence-electron chi connectivity index (χ1n) is 6.46. The lowest BCUT2D eigenvalue weighted by molar-refractivity contribution is -0.125. The highest BCUT2D eigenvalue weighted by molar-refractivity contribution is 6.03. The van der Waals surface area contributed by atoms with E-state index in [0.29, 0.717) is 11.1 Å². The summed E-state index contributed by atoms with van der Waals surface area (Å²) in [5, 5.41) is 6.00. The summed E-state index contributed by atoms with van der Waals surface area (Å²) in [6.45, 7) is 1.66. The van der Waals surface area contributed by atoms with E-state index in [4.69, 9.17) is 4.52 Å². The Balaban J connectivity index is 1.78. The van der Waals surface area contributed by atoms with Gasteiger partial charge in [0.25, 0.3) is 0 Å². The smallest absolute Gasteiger partial charge is 0.230 e. The Bertz CT molecular complexity index is 726. The minimum absolute atomic E-state index is 0.121. The summed E-state index contributed by atoms with van der Waals surface area (Å²) >= 11 is 0. The lowest BCUT2D eigenvalue weighted by Gasteiger charge is -1.99. The molecule has 0 aliphatic carbocycles. The van der Waals surface area contributed by atoms with Crippen LogP contribution in [0.2, 0.25) is 0 Å². The molecule has 2 aromatic rings. The lowest BCUT2D eigenvalue weighted by Crippen LogP contribution is -2.22. The molecule has 0 radical (unpaired) electrons. The maximum absolute atomic E-state index is 13.5. The predicted molar refractivity (Wildman–Crippen MR) is 69.4 cm³/mol. The van der Waals surface area contributed by atoms with Crippen molar-refractivity contribution in [3.63, 3.8) is 0 Å². The minimum atomic E-state index is -0.486. The second kappa shape index (κ2) is 5.08. The van der Waals surface area contributed by atoms with Gasteiger partial charge in [0.15, 0.2) is 0 Å². The van der Waals surface area contributed by atoms with E-state index in [1.165, 1.54) is 6.07 Å². The number of amides is 2. The average Bonchev–Trinajstić information content (AvgIpc) is 3.01. The zero-order valence-electron chi connectivity index (χ0n) is 11.2. The molecule has 2 amide bonds. The number of rotatable bonds is 3. The van der Waals surface area contributed by atoms with Gasteiger partial charge in [-0.15, -0.1) is 0 Å². The van der Waals surface area contributed by atoms with E-state index < -0.39 is 5.92 Å². The maximum Gasteiger partial charge on any atom is 0.230 e. The van der Waals surface area contributed by atoms with Gasteiger partial charge in [-0.1, -0.05) is 17.3 Å². The van der Waals surface area contributed by atoms with Gasteiger partial charge in [0.05, 0.1) is 5.92 Å². The fourth-order valence-electron chi connectivity index (χ4n) is 2.17. The Morgan fingerprint density at radius 1 is 1.43 bits per heavy atom. The lowest BCUT2D eigenvalue weighted by atomic mass is 10.0. The third kappa shape index (κ3) is 2.67. The second-order valence-electron chi connectivity index (χ2n) is 4.99. The van der Waals surface area contributed by atoms with Crippen LogP contribution in [0.1, 0.15) is 17.9 Å². The van der Waals surface area contributed by atoms with Crippen LogP contribution in [-0.2, 0) is 16.0 Å². The number of carbonyl (C=O) groups excluding carboxylic acids is 2. The summed E-state index contributed by atoms with van der Waals surface area (Å²) in [6, 6.07) is 4.65. The Morgan fingerprint density at radius 3 is 2.90 bits per heavy atom. The molecule has 108 valence electrons. The van der Waals surface area contributed by atoms with E-state index in [1.54, 1.807) is 19.1 Å². The molecule has 1 aromatic carbocycles. The number of aromatic nitrogens is 2. The molecule has 1 saturated heterocycles. The Morgan fingerprint density at radius 2 is 2.24 bits per heavy atom. The largest absolute Gasteiger partial charge is 0.339 e. The number of nitrogens with one attached hydrogen (secondary N) is 1. The standard InChI is InChI=1S/C14H12FN3O3/c1-7-2-3-8(4-10(7)15)13-17-12(21-18-13)6-9-5-11(19)16-14(9)20/h2-4,9H,5-6H2,1H3,(H,16,19,20). The van der Waals surface area contributed by atoms with E-state index in [-0.39, 0.29) is 42.2 Å². The van der Waals surface area contributed by atoms with Gasteiger partial charge in [-0.3, -0.25) is 14.9 Å². The monoisotopic (exact) mass is 289 g/mol. The molecule has 0 bridgehead atoms. The van der Waals surface area contributed by atoms with Crippen molar-refractivity contribution in [3.05, 3.63) is 35.5 Å². The Kier molecular flexibility index (Phi) is 3.25. The average molecular weight is 289 g/mol. The molecule has 1 unspecified atom stereocenters. The predicted octanol–water partition coefficient (Wildman–Crippen LogP) is 1.39. The number of carbonyl (C=O) groups is 2. The Labute approximate surface area is 119 Å². The highest BCUT2D eigenvalue weighted by atomic mass is 19.1. The first-order chi connectivity index (χ1) is 10.0. The molecule has 3 rings (SSSR count). The first-order valence-corrected chi connectivity index (χ1v) is 6.46. The number of imide groups is 1. The van der Waals surface area contributed by atoms with Crippen LogP contribution in [0.25, 0.3) is 11.4 Å². The first kappa shape index (κ1) is 13.4. The summed E-state index contributed by atoms with van der Waals surface area (Å²) < 4.78 is 18.6. The molecule has 0 saturated carbocycles. The van der Waals surface area contributed by atoms with E-state index in [9.17, 15) is 14.0 Å². The number of hydrogen-bond donors (Lipinski definition) is 1. The number of benzene rings is 1. The van der Waals surface area contributed by atoms with Crippen LogP contribution in [0, 0.1) is 18.7 Å². The number of halogens is 1. The molecule has 6 nitrogen and oxygen atoms in total. The van der Waals surface area contributed by atoms with Crippen LogP contribution in [0.5, 0.6) is 0 Å². The van der Waals surface area contributed by atoms with Crippen LogP contribution >= 0.6 is 0 Å². The van der Waals surface area contributed by atoms with Gasteiger partial charge >= 0.3 is 0 Å². The highest BCUT2D eigenvalue weighted by Gasteiger charge is 2.32. The molecule has 1 aromatic heterocycles. The van der Waals surface area contributed by atoms with Crippen molar-refractivity contribution < 1.29 is 18.5 Å². The van der Waals surface area contributed by atoms with Gasteiger partial charge in [-0.25, -0.2) is 4.39 Å². The Hall–Kier alpha value is -2.57. The molecule has 0 spiro atoms. The fraction of sp³-hybridized carbons (Fsp3) is 0.286. The fourth-order valence-corrected chi connectivity index (χ4v) is 2.17. The third-order valence-corrected chi connectivity index (χ3v) is 3.38. The molecule has 1 aliphatic heterocycles. The summed E-state index contributed by atoms with van der Waals surface area (Å²) in [5.74, 6) is -0.957. The molecule has 1 N–H and O–H groups in total. The van der Waals surface area contributed by atoms with Crippen molar-refractivity contribution in [2.24, 2.45) is 5.92 Å². The number of hydrogen-bond acceptors (Lipinski definition) is 5. The quantitative estimate of drug-likeness (QED) is 0.863. The molecular weight excluding hydrogens is 277 g/mol. The van der Waals surface area contributed by atoms with Crippen LogP contribution in [0.15, 0.2) is 22.7 Å². The molecule has 1 fully saturated rings. The topological polar surface area (TPSA) is 85.1 Å².